The predicted octanol–water partition coefficient (Wildman–Crippen LogP) is 4.76. The van der Waals surface area contributed by atoms with Gasteiger partial charge in [-0.2, -0.15) is 0 Å². The first kappa shape index (κ1) is 24.5. The highest BCUT2D eigenvalue weighted by Gasteiger charge is 2.32. The van der Waals surface area contributed by atoms with E-state index in [1.807, 2.05) is 6.07 Å². The normalized spacial score (nSPS) is 14.5. The van der Waals surface area contributed by atoms with Crippen LogP contribution in [0.2, 0.25) is 0 Å². The van der Waals surface area contributed by atoms with Gasteiger partial charge in [-0.15, -0.1) is 13.2 Å². The van der Waals surface area contributed by atoms with Crippen molar-refractivity contribution in [2.45, 2.75) is 18.8 Å². The van der Waals surface area contributed by atoms with Crippen LogP contribution in [-0.4, -0.2) is 34.9 Å². The van der Waals surface area contributed by atoms with Gasteiger partial charge < -0.3 is 19.9 Å². The number of halogens is 4. The van der Waals surface area contributed by atoms with Crippen LogP contribution in [0.4, 0.5) is 17.6 Å². The van der Waals surface area contributed by atoms with Crippen LogP contribution in [0.3, 0.4) is 0 Å². The molecule has 4 rings (SSSR count). The molecule has 0 aliphatic carbocycles. The van der Waals surface area contributed by atoms with E-state index in [-0.39, 0.29) is 17.5 Å². The fourth-order valence-electron chi connectivity index (χ4n) is 3.04. The Hall–Kier alpha value is -4.15. The minimum Gasteiger partial charge on any atom is -0.491 e. The Morgan fingerprint density at radius 1 is 1.06 bits per heavy atom. The highest BCUT2D eigenvalue weighted by molar-refractivity contribution is 5.97. The molecule has 178 valence electrons. The minimum absolute atomic E-state index is 0.0816. The van der Waals surface area contributed by atoms with E-state index in [2.05, 4.69) is 15.0 Å². The van der Waals surface area contributed by atoms with Crippen molar-refractivity contribution in [1.82, 2.24) is 10.3 Å². The number of pyridine rings is 1. The molecule has 1 unspecified atom stereocenters. The van der Waals surface area contributed by atoms with E-state index in [0.717, 1.165) is 12.1 Å². The molecule has 0 saturated carbocycles. The molecule has 1 aliphatic heterocycles. The predicted molar refractivity (Wildman–Crippen MR) is 111 cm³/mol. The van der Waals surface area contributed by atoms with Crippen molar-refractivity contribution < 1.29 is 41.7 Å². The molecule has 34 heavy (non-hydrogen) atoms. The van der Waals surface area contributed by atoms with Crippen molar-refractivity contribution in [3.05, 3.63) is 89.5 Å². The van der Waals surface area contributed by atoms with Crippen LogP contribution in [0.15, 0.2) is 66.9 Å². The Balaban J connectivity index is 0.000000229. The number of ether oxygens (including phenoxy) is 2. The van der Waals surface area contributed by atoms with Crippen LogP contribution in [0, 0.1) is 5.82 Å². The molecule has 2 N–H and O–H groups in total. The standard InChI is InChI=1S/C16H14N2O4.C7H4F4O/c19-15(10-3-1-4-11(9-10)16(20)21)18-12-6-8-22-13-5-2-7-17-14(12)13;8-5-3-1-2-4-6(5)12-7(9,10)11/h1-5,7,9,12H,6,8H2,(H,18,19)(H,20,21);1-4H. The number of carbonyl (C=O) groups is 2. The van der Waals surface area contributed by atoms with E-state index in [0.29, 0.717) is 30.0 Å². The third kappa shape index (κ3) is 6.67. The quantitative estimate of drug-likeness (QED) is 0.525. The van der Waals surface area contributed by atoms with Crippen molar-refractivity contribution in [1.29, 1.82) is 0 Å². The second kappa shape index (κ2) is 10.6. The summed E-state index contributed by atoms with van der Waals surface area (Å²) >= 11 is 0. The molecular formula is C23H18F4N2O5. The molecule has 1 aliphatic rings. The van der Waals surface area contributed by atoms with Crippen molar-refractivity contribution in [3.63, 3.8) is 0 Å². The lowest BCUT2D eigenvalue weighted by Crippen LogP contribution is -2.32. The summed E-state index contributed by atoms with van der Waals surface area (Å²) in [6.07, 6.45) is -2.58. The first-order valence-corrected chi connectivity index (χ1v) is 9.86. The van der Waals surface area contributed by atoms with Crippen LogP contribution in [0.25, 0.3) is 0 Å². The minimum atomic E-state index is -4.85. The molecule has 2 aromatic carbocycles. The van der Waals surface area contributed by atoms with Crippen molar-refractivity contribution in [2.75, 3.05) is 6.61 Å². The van der Waals surface area contributed by atoms with Crippen LogP contribution in [0.5, 0.6) is 11.5 Å². The van der Waals surface area contributed by atoms with Gasteiger partial charge in [-0.05, 0) is 42.5 Å². The third-order valence-electron chi connectivity index (χ3n) is 4.53. The highest BCUT2D eigenvalue weighted by atomic mass is 19.4. The van der Waals surface area contributed by atoms with Gasteiger partial charge in [0.1, 0.15) is 11.4 Å². The maximum absolute atomic E-state index is 12.5. The van der Waals surface area contributed by atoms with Gasteiger partial charge >= 0.3 is 12.3 Å². The van der Waals surface area contributed by atoms with E-state index in [4.69, 9.17) is 9.84 Å². The van der Waals surface area contributed by atoms with Gasteiger partial charge in [-0.25, -0.2) is 9.18 Å². The second-order valence-corrected chi connectivity index (χ2v) is 6.91. The molecule has 0 saturated heterocycles. The number of fused-ring (bicyclic) bond motifs is 1. The van der Waals surface area contributed by atoms with Gasteiger partial charge in [-0.1, -0.05) is 18.2 Å². The van der Waals surface area contributed by atoms with Gasteiger partial charge in [0, 0.05) is 18.2 Å². The van der Waals surface area contributed by atoms with Crippen LogP contribution < -0.4 is 14.8 Å². The number of rotatable bonds is 4. The summed E-state index contributed by atoms with van der Waals surface area (Å²) in [4.78, 5) is 27.6. The molecule has 3 aromatic rings. The molecule has 7 nitrogen and oxygen atoms in total. The van der Waals surface area contributed by atoms with Gasteiger partial charge in [0.15, 0.2) is 11.6 Å². The molecular weight excluding hydrogens is 460 g/mol. The summed E-state index contributed by atoms with van der Waals surface area (Å²) in [6.45, 7) is 0.499. The molecule has 11 heteroatoms. The number of aromatic nitrogens is 1. The Labute approximate surface area is 191 Å². The number of nitrogens with zero attached hydrogens (tertiary/aromatic N) is 1. The number of aromatic carboxylic acids is 1. The average Bonchev–Trinajstić information content (AvgIpc) is 2.80. The molecule has 1 atom stereocenters. The number of benzene rings is 2. The zero-order valence-corrected chi connectivity index (χ0v) is 17.4. The largest absolute Gasteiger partial charge is 0.573 e. The molecule has 0 spiro atoms. The number of para-hydroxylation sites is 1. The van der Waals surface area contributed by atoms with E-state index in [1.54, 1.807) is 24.4 Å². The first-order chi connectivity index (χ1) is 16.1. The fourth-order valence-corrected chi connectivity index (χ4v) is 3.04. The summed E-state index contributed by atoms with van der Waals surface area (Å²) in [5, 5.41) is 11.9. The van der Waals surface area contributed by atoms with Gasteiger partial charge in [0.05, 0.1) is 18.2 Å². The fraction of sp³-hybridized carbons (Fsp3) is 0.174. The monoisotopic (exact) mass is 478 g/mol. The lowest BCUT2D eigenvalue weighted by atomic mass is 10.0. The van der Waals surface area contributed by atoms with Gasteiger partial charge in [-0.3, -0.25) is 9.78 Å². The van der Waals surface area contributed by atoms with Crippen LogP contribution in [-0.2, 0) is 0 Å². The van der Waals surface area contributed by atoms with Crippen molar-refractivity contribution in [3.8, 4) is 11.5 Å². The number of amides is 1. The number of carboxylic acids is 1. The van der Waals surface area contributed by atoms with E-state index < -0.39 is 23.9 Å². The lowest BCUT2D eigenvalue weighted by molar-refractivity contribution is -0.275. The lowest BCUT2D eigenvalue weighted by Gasteiger charge is -2.25. The number of carboxylic acid groups (broad SMARTS) is 1. The maximum atomic E-state index is 12.5. The van der Waals surface area contributed by atoms with E-state index in [9.17, 15) is 27.2 Å². The summed E-state index contributed by atoms with van der Waals surface area (Å²) in [6, 6.07) is 13.6. The molecule has 1 amide bonds. The second-order valence-electron chi connectivity index (χ2n) is 6.91. The number of nitrogens with one attached hydrogen (secondary N) is 1. The molecule has 0 radical (unpaired) electrons. The molecule has 2 heterocycles. The summed E-state index contributed by atoms with van der Waals surface area (Å²) in [5.41, 5.74) is 1.08. The van der Waals surface area contributed by atoms with Crippen LogP contribution >= 0.6 is 0 Å². The number of carbonyl (C=O) groups excluding carboxylic acids is 1. The zero-order valence-electron chi connectivity index (χ0n) is 17.4. The Kier molecular flexibility index (Phi) is 7.67. The molecule has 0 bridgehead atoms. The smallest absolute Gasteiger partial charge is 0.491 e. The summed E-state index contributed by atoms with van der Waals surface area (Å²) < 4.78 is 55.9. The van der Waals surface area contributed by atoms with E-state index in [1.165, 1.54) is 24.3 Å². The number of hydrogen-bond acceptors (Lipinski definition) is 5. The van der Waals surface area contributed by atoms with Crippen LogP contribution in [0.1, 0.15) is 38.9 Å². The maximum Gasteiger partial charge on any atom is 0.573 e. The zero-order chi connectivity index (χ0) is 24.7. The molecule has 1 aromatic heterocycles. The third-order valence-corrected chi connectivity index (χ3v) is 4.53. The topological polar surface area (TPSA) is 97.8 Å². The number of hydrogen-bond donors (Lipinski definition) is 2. The van der Waals surface area contributed by atoms with Gasteiger partial charge in [0.25, 0.3) is 5.91 Å². The van der Waals surface area contributed by atoms with Crippen molar-refractivity contribution >= 4 is 11.9 Å². The Morgan fingerprint density at radius 2 is 1.79 bits per heavy atom. The highest BCUT2D eigenvalue weighted by Crippen LogP contribution is 2.29. The van der Waals surface area contributed by atoms with E-state index >= 15 is 0 Å². The Morgan fingerprint density at radius 3 is 2.50 bits per heavy atom. The summed E-state index contributed by atoms with van der Waals surface area (Å²) in [7, 11) is 0. The summed E-state index contributed by atoms with van der Waals surface area (Å²) in [5.74, 6) is -2.57. The SMILES string of the molecule is Fc1ccccc1OC(F)(F)F.O=C(O)c1cccc(C(=O)NC2CCOc3cccnc32)c1. The van der Waals surface area contributed by atoms with Crippen molar-refractivity contribution in [2.24, 2.45) is 0 Å². The van der Waals surface area contributed by atoms with Gasteiger partial charge in [0.2, 0.25) is 0 Å². The first-order valence-electron chi connectivity index (χ1n) is 9.86. The number of alkyl halides is 3. The Bertz CT molecular complexity index is 1170. The average molecular weight is 478 g/mol. The molecule has 0 fully saturated rings.